The lowest BCUT2D eigenvalue weighted by Crippen LogP contribution is -2.61. The second kappa shape index (κ2) is 8.67. The van der Waals surface area contributed by atoms with Gasteiger partial charge in [0.1, 0.15) is 24.4 Å². The first-order valence-corrected chi connectivity index (χ1v) is 9.24. The predicted molar refractivity (Wildman–Crippen MR) is 98.0 cm³/mol. The highest BCUT2D eigenvalue weighted by Crippen LogP contribution is 2.41. The average molecular weight is 388 g/mol. The molecule has 0 aromatic heterocycles. The highest BCUT2D eigenvalue weighted by molar-refractivity contribution is 5.18. The Morgan fingerprint density at radius 2 is 1.36 bits per heavy atom. The average Bonchev–Trinajstić information content (AvgIpc) is 2.78. The van der Waals surface area contributed by atoms with E-state index in [1.807, 2.05) is 60.7 Å². The molecule has 2 aromatic carbocycles. The van der Waals surface area contributed by atoms with Crippen molar-refractivity contribution in [2.24, 2.45) is 0 Å². The van der Waals surface area contributed by atoms with Crippen LogP contribution in [0.3, 0.4) is 0 Å². The Labute approximate surface area is 163 Å². The van der Waals surface area contributed by atoms with E-state index in [0.29, 0.717) is 0 Å². The lowest BCUT2D eigenvalue weighted by molar-refractivity contribution is -0.403. The van der Waals surface area contributed by atoms with Crippen LogP contribution in [-0.2, 0) is 23.7 Å². The van der Waals surface area contributed by atoms with Crippen molar-refractivity contribution in [1.29, 1.82) is 0 Å². The Morgan fingerprint density at radius 1 is 0.821 bits per heavy atom. The van der Waals surface area contributed by atoms with E-state index in [4.69, 9.17) is 23.7 Å². The first-order valence-electron chi connectivity index (χ1n) is 9.24. The van der Waals surface area contributed by atoms with Gasteiger partial charge in [-0.05, 0) is 0 Å². The molecule has 28 heavy (non-hydrogen) atoms. The Morgan fingerprint density at radius 3 is 1.89 bits per heavy atom. The van der Waals surface area contributed by atoms with E-state index in [0.717, 1.165) is 11.1 Å². The van der Waals surface area contributed by atoms with Gasteiger partial charge in [0, 0.05) is 18.2 Å². The van der Waals surface area contributed by atoms with Gasteiger partial charge in [0.05, 0.1) is 6.61 Å². The molecule has 2 aliphatic heterocycles. The monoisotopic (exact) mass is 388 g/mol. The van der Waals surface area contributed by atoms with Crippen molar-refractivity contribution in [2.75, 3.05) is 13.7 Å². The van der Waals surface area contributed by atoms with Gasteiger partial charge in [-0.3, -0.25) is 0 Å². The summed E-state index contributed by atoms with van der Waals surface area (Å²) in [4.78, 5) is 0. The maximum atomic E-state index is 10.4. The van der Waals surface area contributed by atoms with Gasteiger partial charge in [0.15, 0.2) is 18.9 Å². The summed E-state index contributed by atoms with van der Waals surface area (Å²) in [5.74, 6) is 0. The highest BCUT2D eigenvalue weighted by Gasteiger charge is 2.52. The summed E-state index contributed by atoms with van der Waals surface area (Å²) in [5, 5.41) is 20.4. The summed E-state index contributed by atoms with van der Waals surface area (Å²) in [6, 6.07) is 18.8. The van der Waals surface area contributed by atoms with E-state index >= 15 is 0 Å². The van der Waals surface area contributed by atoms with Crippen LogP contribution in [0, 0.1) is 0 Å². The smallest absolute Gasteiger partial charge is 0.185 e. The molecule has 0 spiro atoms. The summed E-state index contributed by atoms with van der Waals surface area (Å²) in [6.45, 7) is -0.259. The van der Waals surface area contributed by atoms with Crippen molar-refractivity contribution in [3.63, 3.8) is 0 Å². The summed E-state index contributed by atoms with van der Waals surface area (Å²) in [6.07, 6.45) is -5.48. The minimum absolute atomic E-state index is 0.259. The molecular weight excluding hydrogens is 364 g/mol. The maximum Gasteiger partial charge on any atom is 0.185 e. The summed E-state index contributed by atoms with van der Waals surface area (Å²) in [7, 11) is 1.40. The lowest BCUT2D eigenvalue weighted by Gasteiger charge is -2.49. The Kier molecular flexibility index (Phi) is 6.03. The largest absolute Gasteiger partial charge is 0.394 e. The van der Waals surface area contributed by atoms with Crippen molar-refractivity contribution in [3.05, 3.63) is 71.8 Å². The SMILES string of the molecule is CO[C@H](O)[C@@H]1O[C@@H](c2ccccc2)O[C@H]2[C@@H]1O[C@@H](c1ccccc1)O[C@H]2CO. The van der Waals surface area contributed by atoms with Gasteiger partial charge in [-0.15, -0.1) is 0 Å². The van der Waals surface area contributed by atoms with Gasteiger partial charge in [-0.1, -0.05) is 60.7 Å². The number of ether oxygens (including phenoxy) is 5. The quantitative estimate of drug-likeness (QED) is 0.757. The molecule has 0 aliphatic carbocycles. The zero-order valence-corrected chi connectivity index (χ0v) is 15.5. The van der Waals surface area contributed by atoms with Crippen LogP contribution in [0.2, 0.25) is 0 Å². The minimum Gasteiger partial charge on any atom is -0.394 e. The minimum atomic E-state index is -1.23. The fraction of sp³-hybridized carbons (Fsp3) is 0.429. The molecule has 7 nitrogen and oxygen atoms in total. The molecule has 2 aliphatic rings. The number of aliphatic hydroxyl groups is 2. The van der Waals surface area contributed by atoms with E-state index in [2.05, 4.69) is 0 Å². The molecular formula is C21H24O7. The van der Waals surface area contributed by atoms with E-state index in [9.17, 15) is 10.2 Å². The fourth-order valence-corrected chi connectivity index (χ4v) is 3.57. The standard InChI is InChI=1S/C21H24O7/c1-24-19(23)18-17-16(26-21(28-18)14-10-6-3-7-11-14)15(12-22)25-20(27-17)13-8-4-2-5-9-13/h2-11,15-23H,12H2,1H3/t15-,16+,17-,18+,19-,20-,21-/m0/s1. The second-order valence-electron chi connectivity index (χ2n) is 6.77. The molecule has 2 saturated heterocycles. The van der Waals surface area contributed by atoms with Crippen LogP contribution < -0.4 is 0 Å². The highest BCUT2D eigenvalue weighted by atomic mass is 16.8. The lowest BCUT2D eigenvalue weighted by atomic mass is 9.98. The number of benzene rings is 2. The molecule has 2 fully saturated rings. The molecule has 0 bridgehead atoms. The molecule has 150 valence electrons. The molecule has 7 heteroatoms. The van der Waals surface area contributed by atoms with Crippen molar-refractivity contribution in [3.8, 4) is 0 Å². The molecule has 7 atom stereocenters. The van der Waals surface area contributed by atoms with Gasteiger partial charge in [0.25, 0.3) is 0 Å². The molecule has 4 rings (SSSR count). The Hall–Kier alpha value is -1.84. The maximum absolute atomic E-state index is 10.4. The second-order valence-corrected chi connectivity index (χ2v) is 6.77. The third-order valence-corrected chi connectivity index (χ3v) is 5.00. The van der Waals surface area contributed by atoms with E-state index < -0.39 is 43.3 Å². The molecule has 0 amide bonds. The van der Waals surface area contributed by atoms with E-state index in [-0.39, 0.29) is 6.61 Å². The van der Waals surface area contributed by atoms with Crippen molar-refractivity contribution >= 4 is 0 Å². The number of methoxy groups -OCH3 is 1. The van der Waals surface area contributed by atoms with Crippen LogP contribution in [-0.4, -0.2) is 54.6 Å². The van der Waals surface area contributed by atoms with Crippen molar-refractivity contribution in [1.82, 2.24) is 0 Å². The van der Waals surface area contributed by atoms with Gasteiger partial charge >= 0.3 is 0 Å². The van der Waals surface area contributed by atoms with Crippen LogP contribution in [0.25, 0.3) is 0 Å². The van der Waals surface area contributed by atoms with E-state index in [1.165, 1.54) is 7.11 Å². The summed E-state index contributed by atoms with van der Waals surface area (Å²) in [5.41, 5.74) is 1.59. The first kappa shape index (κ1) is 19.5. The predicted octanol–water partition coefficient (Wildman–Crippen LogP) is 1.91. The molecule has 0 unspecified atom stereocenters. The van der Waals surface area contributed by atoms with Gasteiger partial charge in [-0.2, -0.15) is 0 Å². The van der Waals surface area contributed by atoms with Crippen LogP contribution in [0.15, 0.2) is 60.7 Å². The third kappa shape index (κ3) is 3.83. The zero-order chi connectivity index (χ0) is 19.5. The fourth-order valence-electron chi connectivity index (χ4n) is 3.57. The number of rotatable bonds is 5. The Bertz CT molecular complexity index is 733. The van der Waals surface area contributed by atoms with Gasteiger partial charge < -0.3 is 33.9 Å². The normalized spacial score (nSPS) is 33.8. The molecule has 2 N–H and O–H groups in total. The molecule has 0 radical (unpaired) electrons. The summed E-state index contributed by atoms with van der Waals surface area (Å²) < 4.78 is 29.3. The van der Waals surface area contributed by atoms with Crippen LogP contribution in [0.5, 0.6) is 0 Å². The topological polar surface area (TPSA) is 86.6 Å². The van der Waals surface area contributed by atoms with Gasteiger partial charge in [0.2, 0.25) is 0 Å². The van der Waals surface area contributed by atoms with Crippen LogP contribution in [0.1, 0.15) is 23.7 Å². The van der Waals surface area contributed by atoms with Crippen molar-refractivity contribution < 1.29 is 33.9 Å². The number of hydrogen-bond acceptors (Lipinski definition) is 7. The number of aliphatic hydroxyl groups excluding tert-OH is 2. The van der Waals surface area contributed by atoms with E-state index in [1.54, 1.807) is 0 Å². The third-order valence-electron chi connectivity index (χ3n) is 5.00. The molecule has 2 aromatic rings. The van der Waals surface area contributed by atoms with Gasteiger partial charge in [-0.25, -0.2) is 0 Å². The Balaban J connectivity index is 1.63. The van der Waals surface area contributed by atoms with Crippen molar-refractivity contribution in [2.45, 2.75) is 43.3 Å². The first-order chi connectivity index (χ1) is 13.7. The number of hydrogen-bond donors (Lipinski definition) is 2. The zero-order valence-electron chi connectivity index (χ0n) is 15.5. The molecule has 2 heterocycles. The molecule has 0 saturated carbocycles. The summed E-state index contributed by atoms with van der Waals surface area (Å²) >= 11 is 0. The van der Waals surface area contributed by atoms with Crippen LogP contribution in [0.4, 0.5) is 0 Å². The number of fused-ring (bicyclic) bond motifs is 1. The van der Waals surface area contributed by atoms with Crippen LogP contribution >= 0.6 is 0 Å².